The molecule has 96 valence electrons. The Morgan fingerprint density at radius 1 is 1.56 bits per heavy atom. The predicted molar refractivity (Wildman–Crippen MR) is 69.8 cm³/mol. The van der Waals surface area contributed by atoms with Crippen molar-refractivity contribution in [1.82, 2.24) is 19.7 Å². The van der Waals surface area contributed by atoms with Gasteiger partial charge in [-0.2, -0.15) is 0 Å². The van der Waals surface area contributed by atoms with Gasteiger partial charge in [0, 0.05) is 7.05 Å². The maximum atomic E-state index is 12.1. The van der Waals surface area contributed by atoms with Crippen LogP contribution in [-0.2, 0) is 13.5 Å². The Bertz CT molecular complexity index is 560. The van der Waals surface area contributed by atoms with Crippen LogP contribution in [0.4, 0.5) is 5.95 Å². The second kappa shape index (κ2) is 5.26. The van der Waals surface area contributed by atoms with Crippen molar-refractivity contribution < 1.29 is 4.79 Å². The van der Waals surface area contributed by atoms with Crippen LogP contribution in [0, 0.1) is 6.92 Å². The number of hydrogen-bond donors (Lipinski definition) is 1. The summed E-state index contributed by atoms with van der Waals surface area (Å²) >= 11 is 1.44. The van der Waals surface area contributed by atoms with Crippen molar-refractivity contribution in [3.8, 4) is 0 Å². The molecule has 1 N–H and O–H groups in total. The fourth-order valence-electron chi connectivity index (χ4n) is 1.54. The standard InChI is InChI=1S/C11H15N5OS/c1-4-5-8-13-7(2)9(18-8)10(17)14-11-15-12-6-16(11)3/h6H,4-5H2,1-3H3,(H,14,15,17). The third-order valence-corrected chi connectivity index (χ3v) is 3.66. The molecule has 0 fully saturated rings. The Kier molecular flexibility index (Phi) is 3.71. The van der Waals surface area contributed by atoms with Gasteiger partial charge in [0.05, 0.1) is 10.7 Å². The third-order valence-electron chi connectivity index (χ3n) is 2.45. The second-order valence-corrected chi connectivity index (χ2v) is 5.08. The molecule has 0 spiro atoms. The largest absolute Gasteiger partial charge is 0.303 e. The number of carbonyl (C=O) groups is 1. The lowest BCUT2D eigenvalue weighted by molar-refractivity contribution is 0.102. The van der Waals surface area contributed by atoms with Crippen LogP contribution in [0.2, 0.25) is 0 Å². The summed E-state index contributed by atoms with van der Waals surface area (Å²) in [5, 5.41) is 11.3. The van der Waals surface area contributed by atoms with Gasteiger partial charge in [-0.05, 0) is 19.8 Å². The quantitative estimate of drug-likeness (QED) is 0.914. The maximum absolute atomic E-state index is 12.1. The number of aryl methyl sites for hydroxylation is 3. The molecule has 0 unspecified atom stereocenters. The summed E-state index contributed by atoms with van der Waals surface area (Å²) in [4.78, 5) is 17.1. The molecule has 1 amide bonds. The lowest BCUT2D eigenvalue weighted by Crippen LogP contribution is -2.14. The molecular weight excluding hydrogens is 250 g/mol. The first-order valence-electron chi connectivity index (χ1n) is 5.73. The van der Waals surface area contributed by atoms with E-state index in [1.54, 1.807) is 11.6 Å². The van der Waals surface area contributed by atoms with E-state index in [0.29, 0.717) is 10.8 Å². The van der Waals surface area contributed by atoms with E-state index in [9.17, 15) is 4.79 Å². The van der Waals surface area contributed by atoms with Gasteiger partial charge < -0.3 is 4.57 Å². The van der Waals surface area contributed by atoms with Crippen LogP contribution in [0.3, 0.4) is 0 Å². The van der Waals surface area contributed by atoms with E-state index in [0.717, 1.165) is 23.5 Å². The van der Waals surface area contributed by atoms with E-state index < -0.39 is 0 Å². The molecule has 2 aromatic heterocycles. The smallest absolute Gasteiger partial charge is 0.270 e. The minimum atomic E-state index is -0.177. The van der Waals surface area contributed by atoms with E-state index >= 15 is 0 Å². The fourth-order valence-corrected chi connectivity index (χ4v) is 2.60. The number of carbonyl (C=O) groups excluding carboxylic acids is 1. The van der Waals surface area contributed by atoms with Crippen molar-refractivity contribution in [1.29, 1.82) is 0 Å². The van der Waals surface area contributed by atoms with Crippen LogP contribution in [0.15, 0.2) is 6.33 Å². The molecular formula is C11H15N5OS. The number of nitrogens with one attached hydrogen (secondary N) is 1. The van der Waals surface area contributed by atoms with Gasteiger partial charge in [0.1, 0.15) is 11.2 Å². The van der Waals surface area contributed by atoms with Crippen LogP contribution in [0.5, 0.6) is 0 Å². The summed E-state index contributed by atoms with van der Waals surface area (Å²) in [5.41, 5.74) is 0.767. The topological polar surface area (TPSA) is 72.7 Å². The van der Waals surface area contributed by atoms with Gasteiger partial charge in [-0.1, -0.05) is 6.92 Å². The average molecular weight is 265 g/mol. The van der Waals surface area contributed by atoms with Crippen LogP contribution >= 0.6 is 11.3 Å². The van der Waals surface area contributed by atoms with Crippen molar-refractivity contribution in [3.05, 3.63) is 21.9 Å². The van der Waals surface area contributed by atoms with Gasteiger partial charge in [-0.15, -0.1) is 21.5 Å². The molecule has 0 aliphatic heterocycles. The number of thiazole rings is 1. The second-order valence-electron chi connectivity index (χ2n) is 3.99. The molecule has 0 bridgehead atoms. The molecule has 2 aromatic rings. The van der Waals surface area contributed by atoms with E-state index in [1.807, 2.05) is 6.92 Å². The first-order chi connectivity index (χ1) is 8.61. The monoisotopic (exact) mass is 265 g/mol. The lowest BCUT2D eigenvalue weighted by atomic mass is 10.3. The molecule has 2 rings (SSSR count). The molecule has 0 aromatic carbocycles. The van der Waals surface area contributed by atoms with Crippen LogP contribution in [-0.4, -0.2) is 25.7 Å². The highest BCUT2D eigenvalue weighted by atomic mass is 32.1. The molecule has 2 heterocycles. The van der Waals surface area contributed by atoms with Gasteiger partial charge in [0.25, 0.3) is 5.91 Å². The summed E-state index contributed by atoms with van der Waals surface area (Å²) in [7, 11) is 1.78. The van der Waals surface area contributed by atoms with Gasteiger partial charge >= 0.3 is 0 Å². The zero-order valence-corrected chi connectivity index (χ0v) is 11.4. The number of aromatic nitrogens is 4. The average Bonchev–Trinajstić information content (AvgIpc) is 2.87. The summed E-state index contributed by atoms with van der Waals surface area (Å²) in [6.07, 6.45) is 3.47. The third kappa shape index (κ3) is 2.56. The van der Waals surface area contributed by atoms with E-state index in [-0.39, 0.29) is 5.91 Å². The molecule has 0 saturated carbocycles. The molecule has 0 saturated heterocycles. The fraction of sp³-hybridized carbons (Fsp3) is 0.455. The highest BCUT2D eigenvalue weighted by Gasteiger charge is 2.16. The zero-order valence-electron chi connectivity index (χ0n) is 10.6. The molecule has 0 aliphatic carbocycles. The van der Waals surface area contributed by atoms with Gasteiger partial charge in [0.15, 0.2) is 0 Å². The van der Waals surface area contributed by atoms with Gasteiger partial charge in [-0.3, -0.25) is 10.1 Å². The van der Waals surface area contributed by atoms with Gasteiger partial charge in [-0.25, -0.2) is 4.98 Å². The Morgan fingerprint density at radius 2 is 2.33 bits per heavy atom. The van der Waals surface area contributed by atoms with Crippen LogP contribution in [0.25, 0.3) is 0 Å². The number of hydrogen-bond acceptors (Lipinski definition) is 5. The molecule has 0 atom stereocenters. The van der Waals surface area contributed by atoms with E-state index in [1.165, 1.54) is 17.7 Å². The van der Waals surface area contributed by atoms with E-state index in [2.05, 4.69) is 27.4 Å². The number of rotatable bonds is 4. The Hall–Kier alpha value is -1.76. The first kappa shape index (κ1) is 12.7. The molecule has 0 radical (unpaired) electrons. The summed E-state index contributed by atoms with van der Waals surface area (Å²) < 4.78 is 1.65. The lowest BCUT2D eigenvalue weighted by Gasteiger charge is -2.01. The van der Waals surface area contributed by atoms with E-state index in [4.69, 9.17) is 0 Å². The first-order valence-corrected chi connectivity index (χ1v) is 6.55. The molecule has 6 nitrogen and oxygen atoms in total. The van der Waals surface area contributed by atoms with Crippen molar-refractivity contribution in [2.75, 3.05) is 5.32 Å². The zero-order chi connectivity index (χ0) is 13.1. The minimum absolute atomic E-state index is 0.177. The summed E-state index contributed by atoms with van der Waals surface area (Å²) in [5.74, 6) is 0.258. The molecule has 0 aliphatic rings. The molecule has 7 heteroatoms. The number of nitrogens with zero attached hydrogens (tertiary/aromatic N) is 4. The Morgan fingerprint density at radius 3 is 2.94 bits per heavy atom. The number of anilines is 1. The highest BCUT2D eigenvalue weighted by molar-refractivity contribution is 7.13. The normalized spacial score (nSPS) is 10.6. The molecule has 18 heavy (non-hydrogen) atoms. The van der Waals surface area contributed by atoms with Crippen molar-refractivity contribution >= 4 is 23.2 Å². The van der Waals surface area contributed by atoms with Crippen molar-refractivity contribution in [2.24, 2.45) is 7.05 Å². The predicted octanol–water partition coefficient (Wildman–Crippen LogP) is 1.78. The van der Waals surface area contributed by atoms with Crippen molar-refractivity contribution in [2.45, 2.75) is 26.7 Å². The summed E-state index contributed by atoms with van der Waals surface area (Å²) in [6, 6.07) is 0. The van der Waals surface area contributed by atoms with Gasteiger partial charge in [0.2, 0.25) is 5.95 Å². The maximum Gasteiger partial charge on any atom is 0.270 e. The Balaban J connectivity index is 2.16. The number of amides is 1. The highest BCUT2D eigenvalue weighted by Crippen LogP contribution is 2.20. The summed E-state index contributed by atoms with van der Waals surface area (Å²) in [6.45, 7) is 3.94. The van der Waals surface area contributed by atoms with Crippen molar-refractivity contribution in [3.63, 3.8) is 0 Å². The van der Waals surface area contributed by atoms with Crippen LogP contribution in [0.1, 0.15) is 33.7 Å². The minimum Gasteiger partial charge on any atom is -0.303 e. The Labute approximate surface area is 109 Å². The van der Waals surface area contributed by atoms with Crippen LogP contribution < -0.4 is 5.32 Å². The SMILES string of the molecule is CCCc1nc(C)c(C(=O)Nc2nncn2C)s1.